The lowest BCUT2D eigenvalue weighted by Gasteiger charge is -2.13. The molecule has 1 amide bonds. The minimum absolute atomic E-state index is 0.270. The molecule has 0 fully saturated rings. The molecule has 0 aliphatic carbocycles. The van der Waals surface area contributed by atoms with E-state index < -0.39 is 5.97 Å². The SMILES string of the molecule is CCOC(=O)c1ccccc1Nc1ccnc(C(=O)Nc2c(C)cccc2C)c1. The van der Waals surface area contributed by atoms with Gasteiger partial charge in [-0.1, -0.05) is 30.3 Å². The summed E-state index contributed by atoms with van der Waals surface area (Å²) in [5.74, 6) is -0.706. The summed E-state index contributed by atoms with van der Waals surface area (Å²) in [5, 5.41) is 6.10. The summed E-state index contributed by atoms with van der Waals surface area (Å²) >= 11 is 0. The van der Waals surface area contributed by atoms with Gasteiger partial charge in [0.05, 0.1) is 17.9 Å². The molecule has 148 valence electrons. The van der Waals surface area contributed by atoms with E-state index in [4.69, 9.17) is 4.74 Å². The number of nitrogens with one attached hydrogen (secondary N) is 2. The number of hydrogen-bond donors (Lipinski definition) is 2. The number of carbonyl (C=O) groups excluding carboxylic acids is 2. The predicted molar refractivity (Wildman–Crippen MR) is 114 cm³/mol. The molecule has 0 aliphatic rings. The molecule has 29 heavy (non-hydrogen) atoms. The van der Waals surface area contributed by atoms with Gasteiger partial charge in [-0.25, -0.2) is 4.79 Å². The quantitative estimate of drug-likeness (QED) is 0.588. The summed E-state index contributed by atoms with van der Waals surface area (Å²) in [6.07, 6.45) is 1.55. The lowest BCUT2D eigenvalue weighted by atomic mass is 10.1. The van der Waals surface area contributed by atoms with Crippen LogP contribution in [0.25, 0.3) is 0 Å². The van der Waals surface area contributed by atoms with E-state index in [-0.39, 0.29) is 11.6 Å². The average molecular weight is 389 g/mol. The van der Waals surface area contributed by atoms with Gasteiger partial charge in [-0.15, -0.1) is 0 Å². The van der Waals surface area contributed by atoms with Gasteiger partial charge in [-0.2, -0.15) is 0 Å². The van der Waals surface area contributed by atoms with E-state index in [1.807, 2.05) is 38.1 Å². The third-order valence-corrected chi connectivity index (χ3v) is 4.41. The Morgan fingerprint density at radius 3 is 2.45 bits per heavy atom. The summed E-state index contributed by atoms with van der Waals surface area (Å²) in [6, 6.07) is 16.3. The zero-order valence-electron chi connectivity index (χ0n) is 16.7. The van der Waals surface area contributed by atoms with Gasteiger partial charge >= 0.3 is 5.97 Å². The van der Waals surface area contributed by atoms with Gasteiger partial charge in [-0.05, 0) is 56.2 Å². The monoisotopic (exact) mass is 389 g/mol. The highest BCUT2D eigenvalue weighted by molar-refractivity contribution is 6.04. The number of hydrogen-bond acceptors (Lipinski definition) is 5. The van der Waals surface area contributed by atoms with E-state index in [1.54, 1.807) is 43.5 Å². The zero-order valence-corrected chi connectivity index (χ0v) is 16.7. The van der Waals surface area contributed by atoms with E-state index in [0.29, 0.717) is 23.5 Å². The van der Waals surface area contributed by atoms with E-state index >= 15 is 0 Å². The van der Waals surface area contributed by atoms with Crippen LogP contribution < -0.4 is 10.6 Å². The number of pyridine rings is 1. The Morgan fingerprint density at radius 1 is 1.00 bits per heavy atom. The number of amides is 1. The van der Waals surface area contributed by atoms with Gasteiger partial charge in [0.2, 0.25) is 0 Å². The van der Waals surface area contributed by atoms with Crippen molar-refractivity contribution in [3.63, 3.8) is 0 Å². The van der Waals surface area contributed by atoms with Gasteiger partial charge in [0.25, 0.3) is 5.91 Å². The highest BCUT2D eigenvalue weighted by atomic mass is 16.5. The second-order valence-electron chi connectivity index (χ2n) is 6.54. The predicted octanol–water partition coefficient (Wildman–Crippen LogP) is 4.87. The smallest absolute Gasteiger partial charge is 0.340 e. The fourth-order valence-corrected chi connectivity index (χ4v) is 2.96. The Bertz CT molecular complexity index is 1030. The molecule has 3 rings (SSSR count). The van der Waals surface area contributed by atoms with Crippen LogP contribution in [-0.2, 0) is 4.74 Å². The number of carbonyl (C=O) groups is 2. The van der Waals surface area contributed by atoms with Crippen molar-refractivity contribution < 1.29 is 14.3 Å². The largest absolute Gasteiger partial charge is 0.462 e. The molecule has 0 aliphatic heterocycles. The van der Waals surface area contributed by atoms with Crippen LogP contribution in [0.3, 0.4) is 0 Å². The molecule has 0 atom stereocenters. The highest BCUT2D eigenvalue weighted by Crippen LogP contribution is 2.23. The Balaban J connectivity index is 1.82. The lowest BCUT2D eigenvalue weighted by Crippen LogP contribution is -2.15. The van der Waals surface area contributed by atoms with Gasteiger partial charge in [0.15, 0.2) is 0 Å². The molecule has 1 aromatic heterocycles. The Labute approximate surface area is 169 Å². The maximum absolute atomic E-state index is 12.7. The van der Waals surface area contributed by atoms with E-state index in [0.717, 1.165) is 16.8 Å². The van der Waals surface area contributed by atoms with Crippen LogP contribution >= 0.6 is 0 Å². The van der Waals surface area contributed by atoms with Crippen molar-refractivity contribution in [3.8, 4) is 0 Å². The maximum atomic E-state index is 12.7. The molecule has 2 N–H and O–H groups in total. The van der Waals surface area contributed by atoms with E-state index in [2.05, 4.69) is 15.6 Å². The normalized spacial score (nSPS) is 10.3. The number of aryl methyl sites for hydroxylation is 2. The number of ether oxygens (including phenoxy) is 1. The van der Waals surface area contributed by atoms with Gasteiger partial charge in [-0.3, -0.25) is 9.78 Å². The third kappa shape index (κ3) is 4.79. The molecule has 0 saturated carbocycles. The van der Waals surface area contributed by atoms with Crippen molar-refractivity contribution in [2.45, 2.75) is 20.8 Å². The van der Waals surface area contributed by atoms with Gasteiger partial charge in [0, 0.05) is 17.6 Å². The van der Waals surface area contributed by atoms with Crippen molar-refractivity contribution in [1.29, 1.82) is 0 Å². The van der Waals surface area contributed by atoms with Crippen LogP contribution in [0, 0.1) is 13.8 Å². The summed E-state index contributed by atoms with van der Waals surface area (Å²) in [4.78, 5) is 29.0. The molecule has 0 saturated heterocycles. The Hall–Kier alpha value is -3.67. The van der Waals surface area contributed by atoms with Crippen LogP contribution in [0.1, 0.15) is 38.9 Å². The fraction of sp³-hybridized carbons (Fsp3) is 0.174. The number of anilines is 3. The Kier molecular flexibility index (Phi) is 6.24. The summed E-state index contributed by atoms with van der Waals surface area (Å²) in [6.45, 7) is 5.95. The molecule has 0 bridgehead atoms. The van der Waals surface area contributed by atoms with E-state index in [1.165, 1.54) is 0 Å². The van der Waals surface area contributed by atoms with Crippen molar-refractivity contribution in [1.82, 2.24) is 4.98 Å². The average Bonchev–Trinajstić information content (AvgIpc) is 2.71. The summed E-state index contributed by atoms with van der Waals surface area (Å²) in [7, 11) is 0. The zero-order chi connectivity index (χ0) is 20.8. The topological polar surface area (TPSA) is 80.3 Å². The summed E-state index contributed by atoms with van der Waals surface area (Å²) < 4.78 is 5.10. The number of esters is 1. The van der Waals surface area contributed by atoms with Crippen molar-refractivity contribution >= 4 is 28.9 Å². The maximum Gasteiger partial charge on any atom is 0.340 e. The number of rotatable bonds is 6. The van der Waals surface area contributed by atoms with Gasteiger partial charge in [0.1, 0.15) is 5.69 Å². The number of aromatic nitrogens is 1. The molecular formula is C23H23N3O3. The first kappa shape index (κ1) is 20.1. The number of para-hydroxylation sites is 2. The molecule has 0 unspecified atom stereocenters. The minimum Gasteiger partial charge on any atom is -0.462 e. The first-order chi connectivity index (χ1) is 14.0. The molecular weight excluding hydrogens is 366 g/mol. The molecule has 6 nitrogen and oxygen atoms in total. The molecule has 2 aromatic carbocycles. The molecule has 3 aromatic rings. The fourth-order valence-electron chi connectivity index (χ4n) is 2.96. The standard InChI is InChI=1S/C23H23N3O3/c1-4-29-23(28)18-10-5-6-11-19(18)25-17-12-13-24-20(14-17)22(27)26-21-15(2)8-7-9-16(21)3/h5-14H,4H2,1-3H3,(H,24,25)(H,26,27). The van der Waals surface area contributed by atoms with Crippen molar-refractivity contribution in [3.05, 3.63) is 83.2 Å². The molecule has 6 heteroatoms. The van der Waals surface area contributed by atoms with E-state index in [9.17, 15) is 9.59 Å². The number of benzene rings is 2. The number of nitrogens with zero attached hydrogens (tertiary/aromatic N) is 1. The lowest BCUT2D eigenvalue weighted by molar-refractivity contribution is 0.0527. The van der Waals surface area contributed by atoms with Crippen molar-refractivity contribution in [2.75, 3.05) is 17.2 Å². The van der Waals surface area contributed by atoms with Crippen LogP contribution in [0.5, 0.6) is 0 Å². The molecule has 1 heterocycles. The second-order valence-corrected chi connectivity index (χ2v) is 6.54. The van der Waals surface area contributed by atoms with Gasteiger partial charge < -0.3 is 15.4 Å². The van der Waals surface area contributed by atoms with Crippen LogP contribution in [0.4, 0.5) is 17.1 Å². The highest BCUT2D eigenvalue weighted by Gasteiger charge is 2.14. The minimum atomic E-state index is -0.405. The first-order valence-electron chi connectivity index (χ1n) is 9.36. The van der Waals surface area contributed by atoms with Crippen LogP contribution in [0.2, 0.25) is 0 Å². The third-order valence-electron chi connectivity index (χ3n) is 4.41. The second kappa shape index (κ2) is 9.01. The summed E-state index contributed by atoms with van der Waals surface area (Å²) in [5.41, 5.74) is 4.68. The molecule has 0 spiro atoms. The van der Waals surface area contributed by atoms with Crippen LogP contribution in [0.15, 0.2) is 60.8 Å². The molecule has 0 radical (unpaired) electrons. The van der Waals surface area contributed by atoms with Crippen LogP contribution in [-0.4, -0.2) is 23.5 Å². The first-order valence-corrected chi connectivity index (χ1v) is 9.36. The van der Waals surface area contributed by atoms with Crippen molar-refractivity contribution in [2.24, 2.45) is 0 Å². The Morgan fingerprint density at radius 2 is 1.72 bits per heavy atom.